The Labute approximate surface area is 132 Å². The van der Waals surface area contributed by atoms with Crippen molar-refractivity contribution < 1.29 is 5.11 Å². The summed E-state index contributed by atoms with van der Waals surface area (Å²) in [4.78, 5) is 0. The quantitative estimate of drug-likeness (QED) is 0.794. The van der Waals surface area contributed by atoms with E-state index in [9.17, 15) is 5.11 Å². The fourth-order valence-electron chi connectivity index (χ4n) is 2.60. The fourth-order valence-corrected chi connectivity index (χ4v) is 2.92. The third-order valence-corrected chi connectivity index (χ3v) is 4.30. The van der Waals surface area contributed by atoms with Crippen molar-refractivity contribution in [2.45, 2.75) is 46.1 Å². The van der Waals surface area contributed by atoms with Crippen molar-refractivity contribution in [2.24, 2.45) is 0 Å². The first-order valence-electron chi connectivity index (χ1n) is 7.26. The van der Waals surface area contributed by atoms with Crippen LogP contribution in [0, 0.1) is 13.8 Å². The average Bonchev–Trinajstić information content (AvgIpc) is 2.41. The smallest absolute Gasteiger partial charge is 0.106 e. The minimum atomic E-state index is -0.702. The first-order valence-corrected chi connectivity index (χ1v) is 7.63. The zero-order chi connectivity index (χ0) is 15.8. The van der Waals surface area contributed by atoms with Crippen molar-refractivity contribution in [2.75, 3.05) is 0 Å². The van der Waals surface area contributed by atoms with Gasteiger partial charge in [-0.15, -0.1) is 0 Å². The molecule has 0 aliphatic heterocycles. The third-order valence-electron chi connectivity index (χ3n) is 3.97. The van der Waals surface area contributed by atoms with Gasteiger partial charge >= 0.3 is 0 Å². The summed E-state index contributed by atoms with van der Waals surface area (Å²) >= 11 is 6.35. The molecule has 0 aliphatic carbocycles. The van der Waals surface area contributed by atoms with Gasteiger partial charge in [0.1, 0.15) is 6.10 Å². The molecule has 1 nitrogen and oxygen atoms in total. The van der Waals surface area contributed by atoms with E-state index >= 15 is 0 Å². The number of aryl methyl sites for hydroxylation is 2. The van der Waals surface area contributed by atoms with Crippen LogP contribution in [-0.2, 0) is 5.41 Å². The van der Waals surface area contributed by atoms with Crippen molar-refractivity contribution >= 4 is 11.6 Å². The van der Waals surface area contributed by atoms with E-state index in [1.807, 2.05) is 44.2 Å². The highest BCUT2D eigenvalue weighted by atomic mass is 35.5. The minimum Gasteiger partial charge on any atom is -0.384 e. The summed E-state index contributed by atoms with van der Waals surface area (Å²) in [6, 6.07) is 11.9. The predicted molar refractivity (Wildman–Crippen MR) is 90.1 cm³/mol. The first-order chi connectivity index (χ1) is 9.71. The Hall–Kier alpha value is -1.31. The SMILES string of the molecule is Cc1cc(Cl)c(C(O)c2ccccc2C(C)(C)C)cc1C. The van der Waals surface area contributed by atoms with Gasteiger partial charge in [0.25, 0.3) is 0 Å². The maximum Gasteiger partial charge on any atom is 0.106 e. The van der Waals surface area contributed by atoms with Crippen LogP contribution in [0.4, 0.5) is 0 Å². The van der Waals surface area contributed by atoms with Crippen LogP contribution in [0.5, 0.6) is 0 Å². The molecule has 112 valence electrons. The van der Waals surface area contributed by atoms with Gasteiger partial charge in [-0.05, 0) is 47.6 Å². The Morgan fingerprint density at radius 2 is 1.52 bits per heavy atom. The van der Waals surface area contributed by atoms with E-state index < -0.39 is 6.10 Å². The Kier molecular flexibility index (Phi) is 4.46. The maximum absolute atomic E-state index is 10.8. The van der Waals surface area contributed by atoms with Crippen LogP contribution in [0.3, 0.4) is 0 Å². The van der Waals surface area contributed by atoms with Gasteiger partial charge < -0.3 is 5.11 Å². The van der Waals surface area contributed by atoms with Gasteiger partial charge in [-0.3, -0.25) is 0 Å². The van der Waals surface area contributed by atoms with Crippen LogP contribution in [0.15, 0.2) is 36.4 Å². The summed E-state index contributed by atoms with van der Waals surface area (Å²) in [5, 5.41) is 11.5. The van der Waals surface area contributed by atoms with Crippen molar-refractivity contribution in [3.8, 4) is 0 Å². The van der Waals surface area contributed by atoms with E-state index in [0.717, 1.165) is 27.8 Å². The number of aliphatic hydroxyl groups is 1. The van der Waals surface area contributed by atoms with Gasteiger partial charge in [0, 0.05) is 10.6 Å². The van der Waals surface area contributed by atoms with E-state index in [1.165, 1.54) is 0 Å². The highest BCUT2D eigenvalue weighted by Crippen LogP contribution is 2.36. The zero-order valence-corrected chi connectivity index (χ0v) is 14.1. The molecule has 1 N–H and O–H groups in total. The van der Waals surface area contributed by atoms with Crippen LogP contribution >= 0.6 is 11.6 Å². The van der Waals surface area contributed by atoms with Crippen LogP contribution in [0.1, 0.15) is 54.7 Å². The molecule has 0 amide bonds. The number of aliphatic hydroxyl groups excluding tert-OH is 1. The van der Waals surface area contributed by atoms with Gasteiger partial charge in [0.2, 0.25) is 0 Å². The maximum atomic E-state index is 10.8. The number of halogens is 1. The first kappa shape index (κ1) is 16.1. The van der Waals surface area contributed by atoms with Gasteiger partial charge in [-0.25, -0.2) is 0 Å². The van der Waals surface area contributed by atoms with E-state index in [1.54, 1.807) is 0 Å². The summed E-state index contributed by atoms with van der Waals surface area (Å²) in [6.45, 7) is 10.5. The van der Waals surface area contributed by atoms with Gasteiger partial charge in [0.15, 0.2) is 0 Å². The highest BCUT2D eigenvalue weighted by molar-refractivity contribution is 6.31. The summed E-state index contributed by atoms with van der Waals surface area (Å²) in [7, 11) is 0. The average molecular weight is 303 g/mol. The van der Waals surface area contributed by atoms with Crippen LogP contribution in [-0.4, -0.2) is 5.11 Å². The molecule has 2 aromatic carbocycles. The molecular formula is C19H23ClO. The molecule has 21 heavy (non-hydrogen) atoms. The Bertz CT molecular complexity index is 653. The van der Waals surface area contributed by atoms with E-state index in [4.69, 9.17) is 11.6 Å². The molecule has 0 saturated heterocycles. The number of hydrogen-bond donors (Lipinski definition) is 1. The lowest BCUT2D eigenvalue weighted by atomic mass is 9.81. The second-order valence-electron chi connectivity index (χ2n) is 6.70. The zero-order valence-electron chi connectivity index (χ0n) is 13.4. The number of rotatable bonds is 2. The molecule has 0 aromatic heterocycles. The van der Waals surface area contributed by atoms with E-state index in [0.29, 0.717) is 5.02 Å². The monoisotopic (exact) mass is 302 g/mol. The molecule has 2 rings (SSSR count). The second kappa shape index (κ2) is 5.82. The number of hydrogen-bond acceptors (Lipinski definition) is 1. The summed E-state index contributed by atoms with van der Waals surface area (Å²) < 4.78 is 0. The van der Waals surface area contributed by atoms with Gasteiger partial charge in [-0.1, -0.05) is 62.7 Å². The lowest BCUT2D eigenvalue weighted by molar-refractivity contribution is 0.217. The highest BCUT2D eigenvalue weighted by Gasteiger charge is 2.23. The van der Waals surface area contributed by atoms with Crippen LogP contribution < -0.4 is 0 Å². The van der Waals surface area contributed by atoms with Crippen LogP contribution in [0.25, 0.3) is 0 Å². The molecule has 0 bridgehead atoms. The topological polar surface area (TPSA) is 20.2 Å². The third kappa shape index (κ3) is 3.30. The normalized spacial score (nSPS) is 13.3. The standard InChI is InChI=1S/C19H23ClO/c1-12-10-15(17(20)11-13(12)2)18(21)14-8-6-7-9-16(14)19(3,4)5/h6-11,18,21H,1-5H3. The summed E-state index contributed by atoms with van der Waals surface area (Å²) in [6.07, 6.45) is -0.702. The fraction of sp³-hybridized carbons (Fsp3) is 0.368. The molecule has 0 fully saturated rings. The second-order valence-corrected chi connectivity index (χ2v) is 7.10. The van der Waals surface area contributed by atoms with Gasteiger partial charge in [-0.2, -0.15) is 0 Å². The van der Waals surface area contributed by atoms with Crippen molar-refractivity contribution in [1.29, 1.82) is 0 Å². The Balaban J connectivity index is 2.56. The molecule has 0 spiro atoms. The molecule has 0 heterocycles. The van der Waals surface area contributed by atoms with E-state index in [2.05, 4.69) is 26.8 Å². The lowest BCUT2D eigenvalue weighted by Gasteiger charge is -2.26. The summed E-state index contributed by atoms with van der Waals surface area (Å²) in [5.74, 6) is 0. The molecule has 2 aromatic rings. The molecule has 0 saturated carbocycles. The molecule has 0 aliphatic rings. The van der Waals surface area contributed by atoms with E-state index in [-0.39, 0.29) is 5.41 Å². The molecular weight excluding hydrogens is 280 g/mol. The lowest BCUT2D eigenvalue weighted by Crippen LogP contribution is -2.16. The molecule has 2 heteroatoms. The molecule has 1 unspecified atom stereocenters. The predicted octanol–water partition coefficient (Wildman–Crippen LogP) is 5.34. The number of benzene rings is 2. The minimum absolute atomic E-state index is 0.0240. The van der Waals surface area contributed by atoms with Crippen LogP contribution in [0.2, 0.25) is 5.02 Å². The molecule has 0 radical (unpaired) electrons. The van der Waals surface area contributed by atoms with Gasteiger partial charge in [0.05, 0.1) is 0 Å². The summed E-state index contributed by atoms with van der Waals surface area (Å²) in [5.41, 5.74) is 5.10. The van der Waals surface area contributed by atoms with Crippen molar-refractivity contribution in [3.63, 3.8) is 0 Å². The Morgan fingerprint density at radius 1 is 0.952 bits per heavy atom. The van der Waals surface area contributed by atoms with Crippen molar-refractivity contribution in [3.05, 3.63) is 69.2 Å². The van der Waals surface area contributed by atoms with Crippen molar-refractivity contribution in [1.82, 2.24) is 0 Å². The molecule has 1 atom stereocenters. The Morgan fingerprint density at radius 3 is 2.14 bits per heavy atom. The largest absolute Gasteiger partial charge is 0.384 e.